The highest BCUT2D eigenvalue weighted by Crippen LogP contribution is 2.21. The molecule has 10 heavy (non-hydrogen) atoms. The topological polar surface area (TPSA) is 60.1 Å². The van der Waals surface area contributed by atoms with Crippen molar-refractivity contribution in [1.82, 2.24) is 10.4 Å². The molecule has 2 heterocycles. The number of H-pyrrole nitrogens is 1. The fourth-order valence-electron chi connectivity index (χ4n) is 0.941. The molecule has 0 spiro atoms. The molecule has 1 aliphatic rings. The van der Waals surface area contributed by atoms with Gasteiger partial charge < -0.3 is 15.5 Å². The third kappa shape index (κ3) is 0.556. The number of fused-ring (bicyclic) bond motifs is 1. The van der Waals surface area contributed by atoms with Crippen LogP contribution in [0.15, 0.2) is 18.5 Å². The highest BCUT2D eigenvalue weighted by Gasteiger charge is 2.10. The minimum absolute atomic E-state index is 0.245. The van der Waals surface area contributed by atoms with Crippen molar-refractivity contribution in [3.05, 3.63) is 24.0 Å². The second-order valence-electron chi connectivity index (χ2n) is 2.07. The molecule has 1 aromatic rings. The van der Waals surface area contributed by atoms with E-state index in [1.165, 1.54) is 6.20 Å². The number of hydrazine groups is 1. The van der Waals surface area contributed by atoms with Crippen LogP contribution in [0, 0.1) is 0 Å². The molecule has 0 bridgehead atoms. The molecule has 0 fully saturated rings. The molecule has 0 amide bonds. The number of aromatic nitrogens is 1. The van der Waals surface area contributed by atoms with Crippen LogP contribution in [0.1, 0.15) is 5.56 Å². The molecule has 52 valence electrons. The van der Waals surface area contributed by atoms with Gasteiger partial charge in [-0.05, 0) is 6.07 Å². The van der Waals surface area contributed by atoms with Crippen LogP contribution in [0.2, 0.25) is 0 Å². The van der Waals surface area contributed by atoms with Gasteiger partial charge in [-0.15, -0.1) is 0 Å². The predicted octanol–water partition coefficient (Wildman–Crippen LogP) is 0.801. The average molecular weight is 137 g/mol. The molecule has 4 heteroatoms. The molecular formula is C6H7N3O. The normalized spacial score (nSPS) is 14.6. The number of aliphatic hydroxyl groups excluding tert-OH is 1. The lowest BCUT2D eigenvalue weighted by molar-refractivity contribution is 0.506. The molecule has 0 saturated heterocycles. The van der Waals surface area contributed by atoms with Crippen LogP contribution in [0.4, 0.5) is 5.82 Å². The molecule has 0 aromatic carbocycles. The van der Waals surface area contributed by atoms with E-state index in [2.05, 4.69) is 15.8 Å². The Bertz CT molecular complexity index is 276. The summed E-state index contributed by atoms with van der Waals surface area (Å²) in [6, 6.07) is 1.80. The van der Waals surface area contributed by atoms with E-state index in [1.807, 2.05) is 0 Å². The first-order valence-corrected chi connectivity index (χ1v) is 2.96. The molecule has 0 saturated carbocycles. The standard InChI is InChI=1S/C6H7N3O/c10-5-3-8-9-6-4(5)1-2-7-6/h1-3,7-10H. The van der Waals surface area contributed by atoms with Gasteiger partial charge in [-0.2, -0.15) is 0 Å². The van der Waals surface area contributed by atoms with Crippen molar-refractivity contribution in [3.63, 3.8) is 0 Å². The largest absolute Gasteiger partial charge is 0.506 e. The summed E-state index contributed by atoms with van der Waals surface area (Å²) in [6.45, 7) is 0. The van der Waals surface area contributed by atoms with E-state index in [0.29, 0.717) is 0 Å². The van der Waals surface area contributed by atoms with E-state index in [9.17, 15) is 5.11 Å². The fourth-order valence-corrected chi connectivity index (χ4v) is 0.941. The van der Waals surface area contributed by atoms with Crippen LogP contribution >= 0.6 is 0 Å². The third-order valence-electron chi connectivity index (χ3n) is 1.43. The van der Waals surface area contributed by atoms with Gasteiger partial charge in [0, 0.05) is 6.20 Å². The molecule has 4 N–H and O–H groups in total. The van der Waals surface area contributed by atoms with E-state index in [4.69, 9.17) is 0 Å². The summed E-state index contributed by atoms with van der Waals surface area (Å²) < 4.78 is 0. The van der Waals surface area contributed by atoms with E-state index >= 15 is 0 Å². The number of aromatic amines is 1. The highest BCUT2D eigenvalue weighted by atomic mass is 16.3. The molecule has 1 aromatic heterocycles. The summed E-state index contributed by atoms with van der Waals surface area (Å²) in [5.41, 5.74) is 6.31. The zero-order valence-electron chi connectivity index (χ0n) is 5.18. The Morgan fingerprint density at radius 1 is 1.40 bits per heavy atom. The van der Waals surface area contributed by atoms with Crippen molar-refractivity contribution in [2.75, 3.05) is 5.43 Å². The fraction of sp³-hybridized carbons (Fsp3) is 0. The smallest absolute Gasteiger partial charge is 0.144 e. The first-order chi connectivity index (χ1) is 4.88. The summed E-state index contributed by atoms with van der Waals surface area (Å²) in [5, 5.41) is 9.19. The number of rotatable bonds is 0. The summed E-state index contributed by atoms with van der Waals surface area (Å²) in [6.07, 6.45) is 3.25. The number of hydrogen-bond acceptors (Lipinski definition) is 3. The van der Waals surface area contributed by atoms with Gasteiger partial charge in [0.05, 0.1) is 11.8 Å². The zero-order chi connectivity index (χ0) is 6.97. The Kier molecular flexibility index (Phi) is 0.887. The van der Waals surface area contributed by atoms with Gasteiger partial charge in [0.2, 0.25) is 0 Å². The lowest BCUT2D eigenvalue weighted by atomic mass is 10.2. The maximum absolute atomic E-state index is 9.19. The van der Waals surface area contributed by atoms with Gasteiger partial charge in [0.25, 0.3) is 0 Å². The van der Waals surface area contributed by atoms with Crippen LogP contribution in [-0.2, 0) is 0 Å². The molecule has 0 aliphatic carbocycles. The third-order valence-corrected chi connectivity index (χ3v) is 1.43. The summed E-state index contributed by atoms with van der Waals surface area (Å²) in [4.78, 5) is 2.91. The Labute approximate surface area is 57.5 Å². The number of anilines is 1. The molecule has 0 unspecified atom stereocenters. The summed E-state index contributed by atoms with van der Waals surface area (Å²) in [7, 11) is 0. The van der Waals surface area contributed by atoms with Gasteiger partial charge in [0.15, 0.2) is 0 Å². The number of hydrogen-bond donors (Lipinski definition) is 4. The summed E-state index contributed by atoms with van der Waals surface area (Å²) >= 11 is 0. The van der Waals surface area contributed by atoms with Crippen LogP contribution < -0.4 is 10.9 Å². The van der Waals surface area contributed by atoms with Gasteiger partial charge in [-0.1, -0.05) is 0 Å². The van der Waals surface area contributed by atoms with Gasteiger partial charge in [-0.3, -0.25) is 5.43 Å². The molecule has 0 radical (unpaired) electrons. The Balaban J connectivity index is 2.55. The maximum Gasteiger partial charge on any atom is 0.144 e. The summed E-state index contributed by atoms with van der Waals surface area (Å²) in [5.74, 6) is 1.04. The minimum Gasteiger partial charge on any atom is -0.506 e. The Morgan fingerprint density at radius 3 is 3.10 bits per heavy atom. The van der Waals surface area contributed by atoms with Crippen molar-refractivity contribution < 1.29 is 5.11 Å². The van der Waals surface area contributed by atoms with E-state index < -0.39 is 0 Å². The van der Waals surface area contributed by atoms with Crippen molar-refractivity contribution >= 4 is 11.6 Å². The van der Waals surface area contributed by atoms with Crippen molar-refractivity contribution in [3.8, 4) is 0 Å². The maximum atomic E-state index is 9.19. The highest BCUT2D eigenvalue weighted by molar-refractivity contribution is 5.71. The minimum atomic E-state index is 0.245. The lowest BCUT2D eigenvalue weighted by Crippen LogP contribution is -2.19. The molecular weight excluding hydrogens is 130 g/mol. The van der Waals surface area contributed by atoms with E-state index in [-0.39, 0.29) is 5.76 Å². The molecule has 0 atom stereocenters. The molecule has 4 nitrogen and oxygen atoms in total. The van der Waals surface area contributed by atoms with E-state index in [1.54, 1.807) is 12.3 Å². The van der Waals surface area contributed by atoms with Crippen molar-refractivity contribution in [1.29, 1.82) is 0 Å². The monoisotopic (exact) mass is 137 g/mol. The Morgan fingerprint density at radius 2 is 2.30 bits per heavy atom. The van der Waals surface area contributed by atoms with Crippen LogP contribution in [0.5, 0.6) is 0 Å². The molecule has 2 rings (SSSR count). The first-order valence-electron chi connectivity index (χ1n) is 2.96. The van der Waals surface area contributed by atoms with Gasteiger partial charge in [-0.25, -0.2) is 0 Å². The average Bonchev–Trinajstić information content (AvgIpc) is 2.36. The van der Waals surface area contributed by atoms with Gasteiger partial charge in [0.1, 0.15) is 11.6 Å². The second kappa shape index (κ2) is 1.70. The van der Waals surface area contributed by atoms with Crippen LogP contribution in [0.25, 0.3) is 5.76 Å². The quantitative estimate of drug-likeness (QED) is 0.427. The van der Waals surface area contributed by atoms with E-state index in [0.717, 1.165) is 11.4 Å². The Hall–Kier alpha value is -1.58. The van der Waals surface area contributed by atoms with Crippen LogP contribution in [-0.4, -0.2) is 10.1 Å². The van der Waals surface area contributed by atoms with Crippen molar-refractivity contribution in [2.45, 2.75) is 0 Å². The SMILES string of the molecule is OC1=CNNc2[nH]ccc21. The zero-order valence-corrected chi connectivity index (χ0v) is 5.18. The first kappa shape index (κ1) is 5.22. The lowest BCUT2D eigenvalue weighted by Gasteiger charge is -2.11. The number of nitrogens with one attached hydrogen (secondary N) is 3. The van der Waals surface area contributed by atoms with Crippen LogP contribution in [0.3, 0.4) is 0 Å². The predicted molar refractivity (Wildman–Crippen MR) is 38.2 cm³/mol. The molecule has 1 aliphatic heterocycles. The van der Waals surface area contributed by atoms with Gasteiger partial charge >= 0.3 is 0 Å². The number of aliphatic hydroxyl groups is 1. The second-order valence-corrected chi connectivity index (χ2v) is 2.07. The van der Waals surface area contributed by atoms with Crippen molar-refractivity contribution in [2.24, 2.45) is 0 Å².